The maximum absolute atomic E-state index is 11.5. The van der Waals surface area contributed by atoms with E-state index in [0.717, 1.165) is 11.3 Å². The molecule has 0 bridgehead atoms. The number of thioether (sulfide) groups is 1. The Morgan fingerprint density at radius 1 is 1.06 bits per heavy atom. The molecule has 0 fully saturated rings. The zero-order valence-corrected chi connectivity index (χ0v) is 18.8. The van der Waals surface area contributed by atoms with Crippen molar-refractivity contribution >= 4 is 11.8 Å². The van der Waals surface area contributed by atoms with Crippen LogP contribution >= 0.6 is 11.8 Å². The molecule has 0 aliphatic heterocycles. The topological polar surface area (TPSA) is 102 Å². The third-order valence-electron chi connectivity index (χ3n) is 4.68. The third-order valence-corrected chi connectivity index (χ3v) is 5.86. The van der Waals surface area contributed by atoms with Crippen molar-refractivity contribution in [1.29, 1.82) is 0 Å². The van der Waals surface area contributed by atoms with Crippen LogP contribution in [0, 0.1) is 24.0 Å². The molecule has 0 saturated heterocycles. The van der Waals surface area contributed by atoms with E-state index in [1.807, 2.05) is 42.7 Å². The fourth-order valence-corrected chi connectivity index (χ4v) is 4.40. The van der Waals surface area contributed by atoms with Crippen molar-refractivity contribution < 1.29 is 19.1 Å². The van der Waals surface area contributed by atoms with Crippen molar-refractivity contribution in [2.75, 3.05) is 27.9 Å². The second-order valence-corrected chi connectivity index (χ2v) is 7.95. The van der Waals surface area contributed by atoms with Crippen molar-refractivity contribution in [1.82, 2.24) is 14.8 Å². The molecule has 164 valence electrons. The summed E-state index contributed by atoms with van der Waals surface area (Å²) < 4.78 is 18.1. The minimum Gasteiger partial charge on any atom is -0.493 e. The predicted octanol–water partition coefficient (Wildman–Crippen LogP) is 4.02. The fraction of sp³-hybridized carbons (Fsp3) is 0.333. The van der Waals surface area contributed by atoms with Crippen molar-refractivity contribution in [2.24, 2.45) is 0 Å². The molecule has 0 spiro atoms. The van der Waals surface area contributed by atoms with E-state index in [2.05, 4.69) is 10.2 Å². The third kappa shape index (κ3) is 4.91. The van der Waals surface area contributed by atoms with Gasteiger partial charge in [0.1, 0.15) is 11.1 Å². The lowest BCUT2D eigenvalue weighted by atomic mass is 10.1. The van der Waals surface area contributed by atoms with Gasteiger partial charge in [0.15, 0.2) is 16.7 Å². The zero-order chi connectivity index (χ0) is 22.5. The van der Waals surface area contributed by atoms with Crippen LogP contribution in [0.3, 0.4) is 0 Å². The quantitative estimate of drug-likeness (QED) is 0.277. The van der Waals surface area contributed by atoms with E-state index in [1.165, 1.54) is 33.1 Å². The maximum atomic E-state index is 11.5. The number of aromatic nitrogens is 3. The van der Waals surface area contributed by atoms with Crippen LogP contribution in [0.1, 0.15) is 22.2 Å². The summed E-state index contributed by atoms with van der Waals surface area (Å²) in [5.74, 6) is 1.99. The Kier molecular flexibility index (Phi) is 7.01. The van der Waals surface area contributed by atoms with Gasteiger partial charge in [0, 0.05) is 10.6 Å². The molecule has 0 aliphatic carbocycles. The van der Waals surface area contributed by atoms with E-state index in [4.69, 9.17) is 14.2 Å². The SMILES string of the molecule is COc1cc([C@@H](C[N+](=O)[O-])Sc2nnc(C)n2-c2cccc(C)c2)cc(OC)c1OC. The number of benzene rings is 2. The van der Waals surface area contributed by atoms with E-state index in [-0.39, 0.29) is 11.5 Å². The van der Waals surface area contributed by atoms with Gasteiger partial charge < -0.3 is 14.2 Å². The van der Waals surface area contributed by atoms with E-state index in [0.29, 0.717) is 33.8 Å². The molecule has 0 aliphatic rings. The highest BCUT2D eigenvalue weighted by molar-refractivity contribution is 7.99. The number of ether oxygens (including phenoxy) is 3. The molecule has 0 unspecified atom stereocenters. The molecule has 9 nitrogen and oxygen atoms in total. The Morgan fingerprint density at radius 3 is 2.29 bits per heavy atom. The molecule has 1 heterocycles. The van der Waals surface area contributed by atoms with Gasteiger partial charge in [-0.05, 0) is 49.2 Å². The first kappa shape index (κ1) is 22.4. The Bertz CT molecular complexity index is 1060. The van der Waals surface area contributed by atoms with Gasteiger partial charge in [-0.1, -0.05) is 23.9 Å². The lowest BCUT2D eigenvalue weighted by molar-refractivity contribution is -0.479. The molecule has 0 amide bonds. The monoisotopic (exact) mass is 444 g/mol. The first-order valence-electron chi connectivity index (χ1n) is 9.45. The second-order valence-electron chi connectivity index (χ2n) is 6.78. The number of hydrogen-bond donors (Lipinski definition) is 0. The number of methoxy groups -OCH3 is 3. The van der Waals surface area contributed by atoms with Crippen LogP contribution in [0.4, 0.5) is 0 Å². The minimum absolute atomic E-state index is 0.316. The summed E-state index contributed by atoms with van der Waals surface area (Å²) >= 11 is 1.27. The Hall–Kier alpha value is -3.27. The summed E-state index contributed by atoms with van der Waals surface area (Å²) in [6.45, 7) is 3.53. The van der Waals surface area contributed by atoms with Crippen molar-refractivity contribution in [3.05, 3.63) is 63.5 Å². The summed E-state index contributed by atoms with van der Waals surface area (Å²) in [4.78, 5) is 11.1. The van der Waals surface area contributed by atoms with Crippen LogP contribution in [0.25, 0.3) is 5.69 Å². The predicted molar refractivity (Wildman–Crippen MR) is 117 cm³/mol. The van der Waals surface area contributed by atoms with Crippen molar-refractivity contribution in [3.63, 3.8) is 0 Å². The van der Waals surface area contributed by atoms with Crippen LogP contribution < -0.4 is 14.2 Å². The van der Waals surface area contributed by atoms with Crippen LogP contribution in [-0.2, 0) is 0 Å². The second kappa shape index (κ2) is 9.69. The van der Waals surface area contributed by atoms with Crippen LogP contribution in [0.5, 0.6) is 17.2 Å². The highest BCUT2D eigenvalue weighted by Crippen LogP contribution is 2.44. The summed E-state index contributed by atoms with van der Waals surface area (Å²) in [5, 5.41) is 19.9. The molecule has 2 aromatic carbocycles. The molecule has 31 heavy (non-hydrogen) atoms. The van der Waals surface area contributed by atoms with E-state index in [1.54, 1.807) is 12.1 Å². The van der Waals surface area contributed by atoms with Crippen LogP contribution in [0.15, 0.2) is 41.6 Å². The highest BCUT2D eigenvalue weighted by atomic mass is 32.2. The number of hydrogen-bond acceptors (Lipinski definition) is 8. The molecule has 1 atom stereocenters. The molecule has 0 N–H and O–H groups in total. The molecule has 10 heteroatoms. The summed E-state index contributed by atoms with van der Waals surface area (Å²) in [7, 11) is 4.53. The van der Waals surface area contributed by atoms with Gasteiger partial charge in [-0.15, -0.1) is 10.2 Å². The average Bonchev–Trinajstić information content (AvgIpc) is 3.11. The average molecular weight is 445 g/mol. The Morgan fingerprint density at radius 2 is 1.74 bits per heavy atom. The van der Waals surface area contributed by atoms with Gasteiger partial charge in [-0.3, -0.25) is 14.7 Å². The minimum atomic E-state index is -0.559. The molecular weight excluding hydrogens is 420 g/mol. The first-order valence-corrected chi connectivity index (χ1v) is 10.3. The Labute approximate surface area is 184 Å². The molecule has 0 saturated carbocycles. The van der Waals surface area contributed by atoms with E-state index in [9.17, 15) is 10.1 Å². The van der Waals surface area contributed by atoms with Gasteiger partial charge in [-0.25, -0.2) is 0 Å². The maximum Gasteiger partial charge on any atom is 0.220 e. The number of rotatable bonds is 9. The van der Waals surface area contributed by atoms with Gasteiger partial charge in [-0.2, -0.15) is 0 Å². The summed E-state index contributed by atoms with van der Waals surface area (Å²) in [5.41, 5.74) is 2.65. The van der Waals surface area contributed by atoms with E-state index >= 15 is 0 Å². The molecular formula is C21H24N4O5S. The van der Waals surface area contributed by atoms with E-state index < -0.39 is 5.25 Å². The van der Waals surface area contributed by atoms with Crippen LogP contribution in [0.2, 0.25) is 0 Å². The number of aryl methyl sites for hydroxylation is 2. The lowest BCUT2D eigenvalue weighted by Gasteiger charge is -2.18. The lowest BCUT2D eigenvalue weighted by Crippen LogP contribution is -2.12. The number of nitro groups is 1. The standard InChI is InChI=1S/C21H24N4O5S/c1-13-7-6-8-16(9-13)25-14(2)22-23-21(25)31-19(12-24(26)27)15-10-17(28-3)20(30-5)18(11-15)29-4/h6-11,19H,12H2,1-5H3/t19-/m1/s1. The van der Waals surface area contributed by atoms with Crippen LogP contribution in [-0.4, -0.2) is 47.6 Å². The van der Waals surface area contributed by atoms with Gasteiger partial charge in [0.2, 0.25) is 12.3 Å². The normalized spacial score (nSPS) is 11.8. The molecule has 3 aromatic rings. The van der Waals surface area contributed by atoms with Gasteiger partial charge >= 0.3 is 0 Å². The fourth-order valence-electron chi connectivity index (χ4n) is 3.24. The Balaban J connectivity index is 2.06. The highest BCUT2D eigenvalue weighted by Gasteiger charge is 2.26. The smallest absolute Gasteiger partial charge is 0.220 e. The number of nitrogens with zero attached hydrogens (tertiary/aromatic N) is 4. The summed E-state index contributed by atoms with van der Waals surface area (Å²) in [6, 6.07) is 11.4. The largest absolute Gasteiger partial charge is 0.493 e. The van der Waals surface area contributed by atoms with Crippen molar-refractivity contribution in [2.45, 2.75) is 24.3 Å². The molecule has 0 radical (unpaired) electrons. The van der Waals surface area contributed by atoms with Crippen molar-refractivity contribution in [3.8, 4) is 22.9 Å². The first-order chi connectivity index (χ1) is 14.9. The summed E-state index contributed by atoms with van der Waals surface area (Å²) in [6.07, 6.45) is 0. The molecule has 1 aromatic heterocycles. The zero-order valence-electron chi connectivity index (χ0n) is 18.0. The van der Waals surface area contributed by atoms with Gasteiger partial charge in [0.05, 0.1) is 21.3 Å². The van der Waals surface area contributed by atoms with Gasteiger partial charge in [0.25, 0.3) is 0 Å². The molecule has 3 rings (SSSR count).